The molecule has 0 aliphatic heterocycles. The zero-order valence-corrected chi connectivity index (χ0v) is 10.2. The molecule has 0 saturated carbocycles. The monoisotopic (exact) mass is 276 g/mol. The number of hydrogen-bond acceptors (Lipinski definition) is 4. The molecule has 0 fully saturated rings. The van der Waals surface area contributed by atoms with Crippen LogP contribution in [0.2, 0.25) is 0 Å². The molecule has 102 valence electrons. The topological polar surface area (TPSA) is 60.4 Å². The number of sulfone groups is 1. The largest absolute Gasteiger partial charge is 0.497 e. The van der Waals surface area contributed by atoms with Crippen molar-refractivity contribution >= 4 is 15.8 Å². The van der Waals surface area contributed by atoms with Crippen LogP contribution in [0, 0.1) is 0 Å². The van der Waals surface area contributed by atoms with Gasteiger partial charge in [-0.15, -0.1) is 0 Å². The van der Waals surface area contributed by atoms with Crippen LogP contribution in [0.15, 0.2) is 0 Å². The molecule has 0 atom stereocenters. The standard InChI is InChI=1S/C9H15F3O4S/c1-2-16-8(13)6-4-3-5-7-17(14,15)9(10,11)12/h2-7H2,1H3. The van der Waals surface area contributed by atoms with Crippen molar-refractivity contribution in [3.8, 4) is 0 Å². The number of unbranched alkanes of at least 4 members (excludes halogenated alkanes) is 2. The number of rotatable bonds is 7. The highest BCUT2D eigenvalue weighted by Crippen LogP contribution is 2.24. The third-order valence-corrected chi connectivity index (χ3v) is 3.48. The van der Waals surface area contributed by atoms with Crippen molar-refractivity contribution in [3.05, 3.63) is 0 Å². The molecule has 8 heteroatoms. The Labute approximate surface area is 98.1 Å². The maximum atomic E-state index is 11.9. The minimum Gasteiger partial charge on any atom is -0.466 e. The van der Waals surface area contributed by atoms with Gasteiger partial charge in [0.05, 0.1) is 12.4 Å². The van der Waals surface area contributed by atoms with Crippen LogP contribution in [-0.4, -0.2) is 32.3 Å². The Morgan fingerprint density at radius 1 is 1.18 bits per heavy atom. The summed E-state index contributed by atoms with van der Waals surface area (Å²) < 4.78 is 61.6. The molecular weight excluding hydrogens is 261 g/mol. The van der Waals surface area contributed by atoms with Gasteiger partial charge in [-0.05, 0) is 19.8 Å². The Bertz CT molecular complexity index is 335. The van der Waals surface area contributed by atoms with Gasteiger partial charge >= 0.3 is 11.5 Å². The van der Waals surface area contributed by atoms with E-state index >= 15 is 0 Å². The lowest BCUT2D eigenvalue weighted by Gasteiger charge is -2.07. The quantitative estimate of drug-likeness (QED) is 0.527. The van der Waals surface area contributed by atoms with E-state index in [0.29, 0.717) is 6.42 Å². The molecule has 0 saturated heterocycles. The molecule has 0 unspecified atom stereocenters. The van der Waals surface area contributed by atoms with E-state index in [2.05, 4.69) is 4.74 Å². The molecule has 17 heavy (non-hydrogen) atoms. The van der Waals surface area contributed by atoms with Crippen molar-refractivity contribution in [1.82, 2.24) is 0 Å². The van der Waals surface area contributed by atoms with Gasteiger partial charge in [0.15, 0.2) is 0 Å². The van der Waals surface area contributed by atoms with E-state index in [0.717, 1.165) is 0 Å². The number of hydrogen-bond donors (Lipinski definition) is 0. The first-order valence-electron chi connectivity index (χ1n) is 5.15. The smallest absolute Gasteiger partial charge is 0.466 e. The molecule has 0 aliphatic carbocycles. The van der Waals surface area contributed by atoms with E-state index in [4.69, 9.17) is 0 Å². The number of alkyl halides is 3. The SMILES string of the molecule is CCOC(=O)CCCCCS(=O)(=O)C(F)(F)F. The summed E-state index contributed by atoms with van der Waals surface area (Å²) in [6, 6.07) is 0. The van der Waals surface area contributed by atoms with Gasteiger partial charge < -0.3 is 4.74 Å². The normalized spacial score (nSPS) is 12.5. The molecule has 0 spiro atoms. The molecule has 0 heterocycles. The van der Waals surface area contributed by atoms with Crippen molar-refractivity contribution in [2.45, 2.75) is 38.1 Å². The highest BCUT2D eigenvalue weighted by atomic mass is 32.2. The summed E-state index contributed by atoms with van der Waals surface area (Å²) in [5.74, 6) is -1.36. The maximum Gasteiger partial charge on any atom is 0.497 e. The van der Waals surface area contributed by atoms with Gasteiger partial charge in [-0.3, -0.25) is 4.79 Å². The van der Waals surface area contributed by atoms with E-state index < -0.39 is 27.1 Å². The molecule has 0 bridgehead atoms. The van der Waals surface area contributed by atoms with E-state index in [9.17, 15) is 26.4 Å². The van der Waals surface area contributed by atoms with Crippen LogP contribution in [0.5, 0.6) is 0 Å². The summed E-state index contributed by atoms with van der Waals surface area (Å²) in [7, 11) is -5.02. The summed E-state index contributed by atoms with van der Waals surface area (Å²) in [5, 5.41) is 0. The first kappa shape index (κ1) is 16.2. The summed E-state index contributed by atoms with van der Waals surface area (Å²) >= 11 is 0. The molecule has 0 aromatic heterocycles. The second-order valence-electron chi connectivity index (χ2n) is 3.38. The predicted molar refractivity (Wildman–Crippen MR) is 54.9 cm³/mol. The minimum absolute atomic E-state index is 0.0971. The van der Waals surface area contributed by atoms with Gasteiger partial charge in [-0.1, -0.05) is 6.42 Å². The molecule has 0 aromatic carbocycles. The van der Waals surface area contributed by atoms with Crippen LogP contribution in [0.3, 0.4) is 0 Å². The zero-order chi connectivity index (χ0) is 13.5. The van der Waals surface area contributed by atoms with Crippen molar-refractivity contribution in [2.75, 3.05) is 12.4 Å². The van der Waals surface area contributed by atoms with E-state index in [1.54, 1.807) is 6.92 Å². The van der Waals surface area contributed by atoms with Crippen molar-refractivity contribution in [3.63, 3.8) is 0 Å². The molecular formula is C9H15F3O4S. The summed E-state index contributed by atoms with van der Waals surface area (Å²) in [6.07, 6.45) is 0.557. The molecule has 0 rings (SSSR count). The highest BCUT2D eigenvalue weighted by Gasteiger charge is 2.44. The second kappa shape index (κ2) is 6.83. The van der Waals surface area contributed by atoms with Crippen LogP contribution in [-0.2, 0) is 19.4 Å². The molecule has 0 radical (unpaired) electrons. The first-order valence-corrected chi connectivity index (χ1v) is 6.80. The Hall–Kier alpha value is -0.790. The third kappa shape index (κ3) is 6.50. The van der Waals surface area contributed by atoms with Crippen molar-refractivity contribution in [1.29, 1.82) is 0 Å². The highest BCUT2D eigenvalue weighted by molar-refractivity contribution is 7.92. The lowest BCUT2D eigenvalue weighted by Crippen LogP contribution is -2.26. The van der Waals surface area contributed by atoms with Gasteiger partial charge in [0.2, 0.25) is 9.84 Å². The average molecular weight is 276 g/mol. The Kier molecular flexibility index (Phi) is 6.51. The van der Waals surface area contributed by atoms with Gasteiger partial charge in [-0.2, -0.15) is 13.2 Å². The van der Waals surface area contributed by atoms with Crippen LogP contribution in [0.1, 0.15) is 32.6 Å². The van der Waals surface area contributed by atoms with E-state index in [-0.39, 0.29) is 25.9 Å². The summed E-state index contributed by atoms with van der Waals surface area (Å²) in [6.45, 7) is 1.90. The fourth-order valence-electron chi connectivity index (χ4n) is 1.09. The molecule has 0 amide bonds. The number of esters is 1. The Morgan fingerprint density at radius 3 is 2.24 bits per heavy atom. The van der Waals surface area contributed by atoms with Crippen molar-refractivity contribution in [2.24, 2.45) is 0 Å². The van der Waals surface area contributed by atoms with Gasteiger partial charge in [0.25, 0.3) is 0 Å². The van der Waals surface area contributed by atoms with Gasteiger partial charge in [0.1, 0.15) is 0 Å². The number of carbonyl (C=O) groups is 1. The minimum atomic E-state index is -5.19. The zero-order valence-electron chi connectivity index (χ0n) is 9.42. The molecule has 4 nitrogen and oxygen atoms in total. The summed E-state index contributed by atoms with van der Waals surface area (Å²) in [4.78, 5) is 10.8. The fourth-order valence-corrected chi connectivity index (χ4v) is 1.90. The maximum absolute atomic E-state index is 11.9. The number of carbonyl (C=O) groups excluding carboxylic acids is 1. The lowest BCUT2D eigenvalue weighted by atomic mass is 10.2. The fraction of sp³-hybridized carbons (Fsp3) is 0.889. The van der Waals surface area contributed by atoms with Gasteiger partial charge in [-0.25, -0.2) is 8.42 Å². The van der Waals surface area contributed by atoms with Crippen LogP contribution in [0.25, 0.3) is 0 Å². The van der Waals surface area contributed by atoms with Crippen LogP contribution < -0.4 is 0 Å². The third-order valence-electron chi connectivity index (χ3n) is 1.95. The second-order valence-corrected chi connectivity index (χ2v) is 5.48. The first-order chi connectivity index (χ1) is 7.70. The van der Waals surface area contributed by atoms with Gasteiger partial charge in [0, 0.05) is 6.42 Å². The van der Waals surface area contributed by atoms with E-state index in [1.807, 2.05) is 0 Å². The molecule has 0 aromatic rings. The van der Waals surface area contributed by atoms with Crippen LogP contribution >= 0.6 is 0 Å². The molecule has 0 N–H and O–H groups in total. The lowest BCUT2D eigenvalue weighted by molar-refractivity contribution is -0.143. The van der Waals surface area contributed by atoms with E-state index in [1.165, 1.54) is 0 Å². The van der Waals surface area contributed by atoms with Crippen molar-refractivity contribution < 1.29 is 31.1 Å². The number of ether oxygens (including phenoxy) is 1. The molecule has 0 aliphatic rings. The van der Waals surface area contributed by atoms with Crippen LogP contribution in [0.4, 0.5) is 13.2 Å². The predicted octanol–water partition coefficient (Wildman–Crippen LogP) is 2.04. The summed E-state index contributed by atoms with van der Waals surface area (Å²) in [5.41, 5.74) is -5.19. The Balaban J connectivity index is 3.77. The number of halogens is 3. The Morgan fingerprint density at radius 2 is 1.76 bits per heavy atom. The average Bonchev–Trinajstić information content (AvgIpc) is 2.15.